The van der Waals surface area contributed by atoms with Crippen LogP contribution in [0.1, 0.15) is 68.8 Å². The molecule has 0 aliphatic heterocycles. The minimum absolute atomic E-state index is 0.0674. The molecule has 0 radical (unpaired) electrons. The molecule has 0 atom stereocenters. The maximum absolute atomic E-state index is 13.2. The third-order valence-electron chi connectivity index (χ3n) is 6.06. The Morgan fingerprint density at radius 2 is 1.74 bits per heavy atom. The highest BCUT2D eigenvalue weighted by Gasteiger charge is 2.30. The van der Waals surface area contributed by atoms with Gasteiger partial charge in [0.05, 0.1) is 4.92 Å². The molecular weight excluding hydrogens is 432 g/mol. The average molecular weight is 467 g/mol. The summed E-state index contributed by atoms with van der Waals surface area (Å²) in [5.41, 5.74) is 7.78. The Bertz CT molecular complexity index is 1020. The smallest absolute Gasteiger partial charge is 0.269 e. The van der Waals surface area contributed by atoms with E-state index in [0.717, 1.165) is 31.2 Å². The topological polar surface area (TPSA) is 119 Å². The predicted molar refractivity (Wildman–Crippen MR) is 132 cm³/mol. The molecule has 34 heavy (non-hydrogen) atoms. The fourth-order valence-electron chi connectivity index (χ4n) is 4.27. The number of nitrogens with one attached hydrogen (secondary N) is 1. The second-order valence-electron chi connectivity index (χ2n) is 10.3. The lowest BCUT2D eigenvalue weighted by molar-refractivity contribution is -0.384. The maximum Gasteiger partial charge on any atom is 0.269 e. The van der Waals surface area contributed by atoms with Crippen LogP contribution in [0, 0.1) is 15.5 Å². The lowest BCUT2D eigenvalue weighted by atomic mass is 9.88. The Labute approximate surface area is 200 Å². The van der Waals surface area contributed by atoms with Gasteiger partial charge in [0, 0.05) is 48.4 Å². The molecule has 0 heterocycles. The first kappa shape index (κ1) is 25.4. The maximum atomic E-state index is 13.2. The fraction of sp³-hybridized carbons (Fsp3) is 0.462. The molecule has 2 aromatic rings. The highest BCUT2D eigenvalue weighted by Crippen LogP contribution is 2.28. The average Bonchev–Trinajstić information content (AvgIpc) is 2.77. The van der Waals surface area contributed by atoms with E-state index in [2.05, 4.69) is 26.1 Å². The third kappa shape index (κ3) is 7.12. The zero-order valence-corrected chi connectivity index (χ0v) is 20.1. The number of nitrogens with two attached hydrogens (primary N) is 1. The summed E-state index contributed by atoms with van der Waals surface area (Å²) in [6.07, 6.45) is 4.08. The van der Waals surface area contributed by atoms with E-state index in [1.165, 1.54) is 24.3 Å². The third-order valence-corrected chi connectivity index (χ3v) is 6.06. The van der Waals surface area contributed by atoms with Gasteiger partial charge in [-0.15, -0.1) is 0 Å². The second kappa shape index (κ2) is 10.8. The Morgan fingerprint density at radius 3 is 2.32 bits per heavy atom. The van der Waals surface area contributed by atoms with Gasteiger partial charge in [0.1, 0.15) is 0 Å². The zero-order chi connectivity index (χ0) is 24.9. The molecule has 182 valence electrons. The number of anilines is 1. The molecule has 8 nitrogen and oxygen atoms in total. The van der Waals surface area contributed by atoms with Gasteiger partial charge < -0.3 is 16.0 Å². The van der Waals surface area contributed by atoms with Gasteiger partial charge >= 0.3 is 0 Å². The Morgan fingerprint density at radius 1 is 1.09 bits per heavy atom. The van der Waals surface area contributed by atoms with E-state index in [1.54, 1.807) is 6.07 Å². The molecule has 0 saturated heterocycles. The van der Waals surface area contributed by atoms with E-state index < -0.39 is 4.92 Å². The van der Waals surface area contributed by atoms with Crippen LogP contribution in [0.5, 0.6) is 0 Å². The zero-order valence-electron chi connectivity index (χ0n) is 20.1. The molecule has 1 saturated carbocycles. The van der Waals surface area contributed by atoms with E-state index in [0.29, 0.717) is 24.2 Å². The number of carbonyl (C=O) groups is 2. The van der Waals surface area contributed by atoms with Crippen molar-refractivity contribution in [2.45, 2.75) is 71.5 Å². The van der Waals surface area contributed by atoms with Crippen molar-refractivity contribution in [1.29, 1.82) is 0 Å². The summed E-state index contributed by atoms with van der Waals surface area (Å²) in [7, 11) is 0. The number of nitro benzene ring substituents is 1. The summed E-state index contributed by atoms with van der Waals surface area (Å²) >= 11 is 0. The standard InChI is InChI=1S/C26H34N4O4/c1-26(2,3)16-24(31)29(22-13-9-20(27)10-14-22)17-18-5-4-6-21(15-18)28-25(32)19-7-11-23(12-8-19)30(33)34/h4-8,11-12,15,20,22H,9-10,13-14,16-17,27H2,1-3H3,(H,28,32). The Kier molecular flexibility index (Phi) is 8.04. The Hall–Kier alpha value is -3.26. The van der Waals surface area contributed by atoms with Gasteiger partial charge in [0.2, 0.25) is 5.91 Å². The number of rotatable bonds is 7. The van der Waals surface area contributed by atoms with Crippen LogP contribution in [0.2, 0.25) is 0 Å². The van der Waals surface area contributed by atoms with Crippen LogP contribution in [-0.4, -0.2) is 33.7 Å². The number of hydrogen-bond acceptors (Lipinski definition) is 5. The van der Waals surface area contributed by atoms with Crippen LogP contribution < -0.4 is 11.1 Å². The number of carbonyl (C=O) groups excluding carboxylic acids is 2. The van der Waals surface area contributed by atoms with Gasteiger partial charge in [0.15, 0.2) is 0 Å². The number of hydrogen-bond donors (Lipinski definition) is 2. The molecule has 3 rings (SSSR count). The van der Waals surface area contributed by atoms with Gasteiger partial charge in [-0.3, -0.25) is 19.7 Å². The first-order valence-electron chi connectivity index (χ1n) is 11.7. The van der Waals surface area contributed by atoms with Crippen LogP contribution in [0.4, 0.5) is 11.4 Å². The van der Waals surface area contributed by atoms with Crippen LogP contribution in [-0.2, 0) is 11.3 Å². The first-order chi connectivity index (χ1) is 16.0. The van der Waals surface area contributed by atoms with Crippen LogP contribution >= 0.6 is 0 Å². The van der Waals surface area contributed by atoms with Gasteiger partial charge in [0.25, 0.3) is 11.6 Å². The number of amides is 2. The number of nitro groups is 1. The van der Waals surface area contributed by atoms with Crippen molar-refractivity contribution in [2.75, 3.05) is 5.32 Å². The molecule has 8 heteroatoms. The highest BCUT2D eigenvalue weighted by atomic mass is 16.6. The molecule has 2 amide bonds. The molecule has 3 N–H and O–H groups in total. The molecule has 0 unspecified atom stereocenters. The SMILES string of the molecule is CC(C)(C)CC(=O)N(Cc1cccc(NC(=O)c2ccc([N+](=O)[O-])cc2)c1)C1CCC(N)CC1. The predicted octanol–water partition coefficient (Wildman–Crippen LogP) is 4.88. The summed E-state index contributed by atoms with van der Waals surface area (Å²) in [5.74, 6) is -0.220. The van der Waals surface area contributed by atoms with Crippen LogP contribution in [0.3, 0.4) is 0 Å². The summed E-state index contributed by atoms with van der Waals surface area (Å²) in [4.78, 5) is 38.2. The van der Waals surface area contributed by atoms with Crippen molar-refractivity contribution in [3.8, 4) is 0 Å². The quantitative estimate of drug-likeness (QED) is 0.445. The summed E-state index contributed by atoms with van der Waals surface area (Å²) in [6, 6.07) is 13.3. The summed E-state index contributed by atoms with van der Waals surface area (Å²) in [6.45, 7) is 6.66. The van der Waals surface area contributed by atoms with E-state index in [-0.39, 0.29) is 35.0 Å². The van der Waals surface area contributed by atoms with Gasteiger partial charge in [-0.25, -0.2) is 0 Å². The number of benzene rings is 2. The van der Waals surface area contributed by atoms with Crippen molar-refractivity contribution in [2.24, 2.45) is 11.1 Å². The van der Waals surface area contributed by atoms with Gasteiger partial charge in [-0.2, -0.15) is 0 Å². The van der Waals surface area contributed by atoms with Crippen molar-refractivity contribution in [3.05, 3.63) is 69.8 Å². The van der Waals surface area contributed by atoms with Crippen LogP contribution in [0.25, 0.3) is 0 Å². The normalized spacial score (nSPS) is 18.2. The van der Waals surface area contributed by atoms with E-state index in [9.17, 15) is 19.7 Å². The number of nitrogens with zero attached hydrogens (tertiary/aromatic N) is 2. The molecule has 1 aliphatic carbocycles. The lowest BCUT2D eigenvalue weighted by Crippen LogP contribution is -2.44. The van der Waals surface area contributed by atoms with Crippen molar-refractivity contribution in [1.82, 2.24) is 4.90 Å². The molecule has 1 fully saturated rings. The van der Waals surface area contributed by atoms with Crippen molar-refractivity contribution in [3.63, 3.8) is 0 Å². The largest absolute Gasteiger partial charge is 0.335 e. The second-order valence-corrected chi connectivity index (χ2v) is 10.3. The molecule has 2 aromatic carbocycles. The molecule has 0 spiro atoms. The molecule has 0 aromatic heterocycles. The van der Waals surface area contributed by atoms with Crippen molar-refractivity contribution < 1.29 is 14.5 Å². The van der Waals surface area contributed by atoms with E-state index >= 15 is 0 Å². The lowest BCUT2D eigenvalue weighted by Gasteiger charge is -2.37. The van der Waals surface area contributed by atoms with E-state index in [1.807, 2.05) is 23.1 Å². The van der Waals surface area contributed by atoms with Gasteiger partial charge in [-0.05, 0) is 60.9 Å². The molecular formula is C26H34N4O4. The Balaban J connectivity index is 1.74. The summed E-state index contributed by atoms with van der Waals surface area (Å²) in [5, 5.41) is 13.7. The first-order valence-corrected chi connectivity index (χ1v) is 11.7. The molecule has 1 aliphatic rings. The van der Waals surface area contributed by atoms with Crippen LogP contribution in [0.15, 0.2) is 48.5 Å². The monoisotopic (exact) mass is 466 g/mol. The number of non-ortho nitro benzene ring substituents is 1. The van der Waals surface area contributed by atoms with E-state index in [4.69, 9.17) is 5.73 Å². The van der Waals surface area contributed by atoms with Gasteiger partial charge in [-0.1, -0.05) is 32.9 Å². The molecule has 0 bridgehead atoms. The minimum atomic E-state index is -0.502. The minimum Gasteiger partial charge on any atom is -0.335 e. The fourth-order valence-corrected chi connectivity index (χ4v) is 4.27. The summed E-state index contributed by atoms with van der Waals surface area (Å²) < 4.78 is 0. The highest BCUT2D eigenvalue weighted by molar-refractivity contribution is 6.04. The van der Waals surface area contributed by atoms with Crippen molar-refractivity contribution >= 4 is 23.2 Å².